The summed E-state index contributed by atoms with van der Waals surface area (Å²) in [5.41, 5.74) is -0.176. The maximum Gasteiger partial charge on any atom is 0.0790 e. The van der Waals surface area contributed by atoms with Crippen molar-refractivity contribution in [1.29, 1.82) is 0 Å². The lowest BCUT2D eigenvalue weighted by Crippen LogP contribution is -2.51. The summed E-state index contributed by atoms with van der Waals surface area (Å²) in [7, 11) is 2.05. The van der Waals surface area contributed by atoms with Gasteiger partial charge in [-0.15, -0.1) is 0 Å². The molecular weight excluding hydrogens is 228 g/mol. The highest BCUT2D eigenvalue weighted by atomic mass is 16.5. The zero-order valence-electron chi connectivity index (χ0n) is 12.5. The number of ether oxygens (including phenoxy) is 2. The van der Waals surface area contributed by atoms with Crippen LogP contribution in [0.1, 0.15) is 27.7 Å². The van der Waals surface area contributed by atoms with Gasteiger partial charge in [0.25, 0.3) is 0 Å². The number of nitrogens with one attached hydrogen (secondary N) is 1. The molecule has 0 aromatic carbocycles. The lowest BCUT2D eigenvalue weighted by atomic mass is 9.82. The van der Waals surface area contributed by atoms with E-state index in [1.54, 1.807) is 0 Å². The van der Waals surface area contributed by atoms with E-state index in [2.05, 4.69) is 37.9 Å². The first-order valence-corrected chi connectivity index (χ1v) is 7.04. The van der Waals surface area contributed by atoms with Gasteiger partial charge in [0, 0.05) is 31.6 Å². The number of nitrogens with zero attached hydrogens (tertiary/aromatic N) is 1. The van der Waals surface area contributed by atoms with Crippen LogP contribution >= 0.6 is 0 Å². The first-order valence-electron chi connectivity index (χ1n) is 7.04. The average molecular weight is 256 g/mol. The minimum atomic E-state index is -0.102. The second-order valence-electron chi connectivity index (χ2n) is 6.59. The van der Waals surface area contributed by atoms with E-state index in [1.807, 2.05) is 7.05 Å². The van der Waals surface area contributed by atoms with E-state index in [4.69, 9.17) is 9.47 Å². The van der Waals surface area contributed by atoms with Crippen LogP contribution in [0.3, 0.4) is 0 Å². The lowest BCUT2D eigenvalue weighted by Gasteiger charge is -2.35. The second kappa shape index (κ2) is 5.08. The van der Waals surface area contributed by atoms with E-state index >= 15 is 0 Å². The predicted octanol–water partition coefficient (Wildman–Crippen LogP) is 1.11. The minimum Gasteiger partial charge on any atom is -0.379 e. The van der Waals surface area contributed by atoms with Gasteiger partial charge in [-0.1, -0.05) is 0 Å². The van der Waals surface area contributed by atoms with Crippen LogP contribution in [-0.2, 0) is 9.47 Å². The Hall–Kier alpha value is -0.160. The number of rotatable bonds is 3. The van der Waals surface area contributed by atoms with Crippen molar-refractivity contribution in [3.8, 4) is 0 Å². The third-order valence-corrected chi connectivity index (χ3v) is 4.44. The van der Waals surface area contributed by atoms with Crippen molar-refractivity contribution in [3.05, 3.63) is 0 Å². The van der Waals surface area contributed by atoms with Crippen LogP contribution in [0.25, 0.3) is 0 Å². The van der Waals surface area contributed by atoms with Crippen LogP contribution in [0.15, 0.2) is 0 Å². The quantitative estimate of drug-likeness (QED) is 0.820. The zero-order chi connectivity index (χ0) is 13.4. The van der Waals surface area contributed by atoms with Gasteiger partial charge in [-0.2, -0.15) is 0 Å². The summed E-state index contributed by atoms with van der Waals surface area (Å²) in [6.45, 7) is 13.7. The Morgan fingerprint density at radius 3 is 2.28 bits per heavy atom. The molecule has 0 amide bonds. The monoisotopic (exact) mass is 256 g/mol. The van der Waals surface area contributed by atoms with Crippen LogP contribution in [0.5, 0.6) is 0 Å². The van der Waals surface area contributed by atoms with Gasteiger partial charge in [0.05, 0.1) is 24.4 Å². The molecule has 2 atom stereocenters. The van der Waals surface area contributed by atoms with Crippen molar-refractivity contribution in [2.24, 2.45) is 5.92 Å². The van der Waals surface area contributed by atoms with Crippen LogP contribution in [0, 0.1) is 5.92 Å². The molecule has 18 heavy (non-hydrogen) atoms. The Morgan fingerprint density at radius 2 is 1.72 bits per heavy atom. The van der Waals surface area contributed by atoms with Crippen molar-refractivity contribution >= 4 is 0 Å². The molecule has 4 heteroatoms. The molecule has 2 unspecified atom stereocenters. The molecule has 2 fully saturated rings. The third kappa shape index (κ3) is 2.72. The highest BCUT2D eigenvalue weighted by molar-refractivity contribution is 5.05. The second-order valence-corrected chi connectivity index (χ2v) is 6.59. The highest BCUT2D eigenvalue weighted by Crippen LogP contribution is 2.42. The van der Waals surface area contributed by atoms with Crippen molar-refractivity contribution < 1.29 is 9.47 Å². The summed E-state index contributed by atoms with van der Waals surface area (Å²) in [5.74, 6) is 0.510. The summed E-state index contributed by atoms with van der Waals surface area (Å²) in [6, 6.07) is 0.398. The SMILES string of the molecule is CNC1C(CN2CCOCC2)C(C)(C)OC1(C)C. The molecule has 2 aliphatic heterocycles. The zero-order valence-corrected chi connectivity index (χ0v) is 12.5. The van der Waals surface area contributed by atoms with Crippen LogP contribution in [0.2, 0.25) is 0 Å². The average Bonchev–Trinajstić information content (AvgIpc) is 2.45. The van der Waals surface area contributed by atoms with Gasteiger partial charge in [-0.3, -0.25) is 4.90 Å². The van der Waals surface area contributed by atoms with E-state index in [-0.39, 0.29) is 11.2 Å². The first-order chi connectivity index (χ1) is 8.37. The molecule has 2 saturated heterocycles. The number of hydrogen-bond donors (Lipinski definition) is 1. The van der Waals surface area contributed by atoms with Crippen LogP contribution in [-0.4, -0.2) is 62.0 Å². The molecule has 2 aliphatic rings. The van der Waals surface area contributed by atoms with Gasteiger partial charge in [0.1, 0.15) is 0 Å². The fraction of sp³-hybridized carbons (Fsp3) is 1.00. The molecule has 2 heterocycles. The molecule has 2 rings (SSSR count). The lowest BCUT2D eigenvalue weighted by molar-refractivity contribution is -0.0811. The van der Waals surface area contributed by atoms with E-state index in [0.717, 1.165) is 32.8 Å². The van der Waals surface area contributed by atoms with E-state index in [0.29, 0.717) is 12.0 Å². The third-order valence-electron chi connectivity index (χ3n) is 4.44. The van der Waals surface area contributed by atoms with Gasteiger partial charge in [0.2, 0.25) is 0 Å². The van der Waals surface area contributed by atoms with Gasteiger partial charge in [0.15, 0.2) is 0 Å². The fourth-order valence-corrected chi connectivity index (χ4v) is 3.64. The molecule has 1 N–H and O–H groups in total. The van der Waals surface area contributed by atoms with Gasteiger partial charge in [-0.25, -0.2) is 0 Å². The molecule has 0 radical (unpaired) electrons. The van der Waals surface area contributed by atoms with Crippen molar-refractivity contribution in [2.45, 2.75) is 44.9 Å². The molecule has 4 nitrogen and oxygen atoms in total. The smallest absolute Gasteiger partial charge is 0.0790 e. The maximum atomic E-state index is 6.27. The Balaban J connectivity index is 2.08. The molecule has 0 bridgehead atoms. The van der Waals surface area contributed by atoms with E-state index in [1.165, 1.54) is 0 Å². The molecule has 0 aromatic heterocycles. The Bertz CT molecular complexity index is 286. The van der Waals surface area contributed by atoms with Gasteiger partial charge in [-0.05, 0) is 34.7 Å². The Labute approximate surface area is 111 Å². The standard InChI is InChI=1S/C14H28N2O2/c1-13(2)11(10-16-6-8-17-9-7-16)12(15-5)14(3,4)18-13/h11-12,15H,6-10H2,1-5H3. The molecule has 0 spiro atoms. The van der Waals surface area contributed by atoms with Crippen LogP contribution in [0.4, 0.5) is 0 Å². The normalized spacial score (nSPS) is 35.8. The Morgan fingerprint density at radius 1 is 1.11 bits per heavy atom. The van der Waals surface area contributed by atoms with E-state index < -0.39 is 0 Å². The molecule has 106 valence electrons. The summed E-state index contributed by atoms with van der Waals surface area (Å²) in [4.78, 5) is 2.50. The van der Waals surface area contributed by atoms with Crippen molar-refractivity contribution in [2.75, 3.05) is 39.9 Å². The van der Waals surface area contributed by atoms with Crippen LogP contribution < -0.4 is 5.32 Å². The minimum absolute atomic E-state index is 0.0739. The van der Waals surface area contributed by atoms with Gasteiger partial charge < -0.3 is 14.8 Å². The molecule has 0 aromatic rings. The number of hydrogen-bond acceptors (Lipinski definition) is 4. The van der Waals surface area contributed by atoms with Gasteiger partial charge >= 0.3 is 0 Å². The molecule has 0 aliphatic carbocycles. The predicted molar refractivity (Wildman–Crippen MR) is 72.8 cm³/mol. The van der Waals surface area contributed by atoms with E-state index in [9.17, 15) is 0 Å². The number of likely N-dealkylation sites (N-methyl/N-ethyl adjacent to an activating group) is 1. The molecule has 0 saturated carbocycles. The number of morpholine rings is 1. The highest BCUT2D eigenvalue weighted by Gasteiger charge is 2.53. The summed E-state index contributed by atoms with van der Waals surface area (Å²) < 4.78 is 11.7. The topological polar surface area (TPSA) is 33.7 Å². The first kappa shape index (κ1) is 14.3. The summed E-state index contributed by atoms with van der Waals surface area (Å²) in [5, 5.41) is 3.47. The summed E-state index contributed by atoms with van der Waals surface area (Å²) in [6.07, 6.45) is 0. The van der Waals surface area contributed by atoms with Crippen molar-refractivity contribution in [3.63, 3.8) is 0 Å². The van der Waals surface area contributed by atoms with Crippen molar-refractivity contribution in [1.82, 2.24) is 10.2 Å². The Kier molecular flexibility index (Phi) is 4.02. The molecular formula is C14H28N2O2. The summed E-state index contributed by atoms with van der Waals surface area (Å²) >= 11 is 0. The largest absolute Gasteiger partial charge is 0.379 e. The fourth-order valence-electron chi connectivity index (χ4n) is 3.64. The maximum absolute atomic E-state index is 6.27.